The minimum absolute atomic E-state index is 0.349. The van der Waals surface area contributed by atoms with Crippen LogP contribution in [-0.4, -0.2) is 21.2 Å². The maximum Gasteiger partial charge on any atom is 0.170 e. The number of aromatic amines is 1. The number of aldehydes is 1. The maximum atomic E-state index is 10.8. The van der Waals surface area contributed by atoms with E-state index in [0.717, 1.165) is 6.29 Å². The lowest BCUT2D eigenvalue weighted by molar-refractivity contribution is 0.112. The largest absolute Gasteiger partial charge is 0.339 e. The lowest BCUT2D eigenvalue weighted by atomic mass is 10.3. The van der Waals surface area contributed by atoms with E-state index in [9.17, 15) is 4.79 Å². The van der Waals surface area contributed by atoms with Gasteiger partial charge >= 0.3 is 0 Å². The summed E-state index contributed by atoms with van der Waals surface area (Å²) in [6.07, 6.45) is 7.09. The van der Waals surface area contributed by atoms with Crippen molar-refractivity contribution in [2.75, 3.05) is 0 Å². The molecule has 0 saturated heterocycles. The van der Waals surface area contributed by atoms with Gasteiger partial charge in [-0.05, 0) is 11.8 Å². The number of carbonyl (C=O) groups excluding carboxylic acids is 1. The molecule has 2 rings (SSSR count). The first-order chi connectivity index (χ1) is 7.31. The first-order valence-corrected chi connectivity index (χ1v) is 5.26. The quantitative estimate of drug-likeness (QED) is 0.836. The van der Waals surface area contributed by atoms with E-state index in [1.807, 2.05) is 0 Å². The molecule has 2 aromatic rings. The first-order valence-electron chi connectivity index (χ1n) is 4.07. The second-order valence-electron chi connectivity index (χ2n) is 2.65. The Kier molecular flexibility index (Phi) is 3.03. The van der Waals surface area contributed by atoms with Crippen molar-refractivity contribution >= 4 is 29.6 Å². The Bertz CT molecular complexity index is 472. The molecule has 15 heavy (non-hydrogen) atoms. The zero-order valence-corrected chi connectivity index (χ0v) is 9.05. The van der Waals surface area contributed by atoms with E-state index < -0.39 is 0 Å². The molecule has 6 heteroatoms. The topological polar surface area (TPSA) is 58.6 Å². The van der Waals surface area contributed by atoms with Gasteiger partial charge in [-0.1, -0.05) is 11.6 Å². The summed E-state index contributed by atoms with van der Waals surface area (Å²) < 4.78 is 0. The number of imidazole rings is 1. The summed E-state index contributed by atoms with van der Waals surface area (Å²) in [6, 6.07) is 0. The molecule has 0 bridgehead atoms. The highest BCUT2D eigenvalue weighted by molar-refractivity contribution is 7.99. The highest BCUT2D eigenvalue weighted by atomic mass is 35.5. The molecule has 0 radical (unpaired) electrons. The smallest absolute Gasteiger partial charge is 0.170 e. The Morgan fingerprint density at radius 2 is 2.33 bits per heavy atom. The molecule has 1 N–H and O–H groups in total. The number of aromatic nitrogens is 3. The van der Waals surface area contributed by atoms with E-state index >= 15 is 0 Å². The van der Waals surface area contributed by atoms with Gasteiger partial charge in [0, 0.05) is 29.7 Å². The van der Waals surface area contributed by atoms with Crippen LogP contribution in [0.1, 0.15) is 10.4 Å². The van der Waals surface area contributed by atoms with Crippen LogP contribution in [0.2, 0.25) is 5.02 Å². The second-order valence-corrected chi connectivity index (χ2v) is 4.09. The van der Waals surface area contributed by atoms with Crippen LogP contribution in [0.25, 0.3) is 0 Å². The summed E-state index contributed by atoms with van der Waals surface area (Å²) in [5.41, 5.74) is 0.438. The van der Waals surface area contributed by atoms with Gasteiger partial charge in [0.05, 0.1) is 10.6 Å². The van der Waals surface area contributed by atoms with Gasteiger partial charge in [-0.2, -0.15) is 0 Å². The van der Waals surface area contributed by atoms with Crippen molar-refractivity contribution in [1.29, 1.82) is 0 Å². The van der Waals surface area contributed by atoms with Gasteiger partial charge < -0.3 is 4.98 Å². The fourth-order valence-electron chi connectivity index (χ4n) is 1.03. The SMILES string of the molecule is O=Cc1c(Cl)cncc1Sc1ncc[nH]1. The van der Waals surface area contributed by atoms with E-state index in [1.165, 1.54) is 18.0 Å². The normalized spacial score (nSPS) is 10.2. The maximum absolute atomic E-state index is 10.8. The average molecular weight is 240 g/mol. The fraction of sp³-hybridized carbons (Fsp3) is 0. The van der Waals surface area contributed by atoms with Crippen molar-refractivity contribution in [3.05, 3.63) is 35.4 Å². The van der Waals surface area contributed by atoms with Gasteiger partial charge in [0.25, 0.3) is 0 Å². The molecule has 0 fully saturated rings. The van der Waals surface area contributed by atoms with Gasteiger partial charge in [0.1, 0.15) is 0 Å². The third kappa shape index (κ3) is 2.19. The summed E-state index contributed by atoms with van der Waals surface area (Å²) >= 11 is 7.15. The molecule has 0 aliphatic rings. The van der Waals surface area contributed by atoms with Gasteiger partial charge in [-0.3, -0.25) is 9.78 Å². The monoisotopic (exact) mass is 239 g/mol. The summed E-state index contributed by atoms with van der Waals surface area (Å²) in [5, 5.41) is 1.05. The van der Waals surface area contributed by atoms with Crippen LogP contribution in [0.15, 0.2) is 34.8 Å². The number of hydrogen-bond acceptors (Lipinski definition) is 4. The van der Waals surface area contributed by atoms with Crippen molar-refractivity contribution in [2.24, 2.45) is 0 Å². The molecule has 2 aromatic heterocycles. The van der Waals surface area contributed by atoms with Gasteiger partial charge in [0.15, 0.2) is 11.4 Å². The lowest BCUT2D eigenvalue weighted by Crippen LogP contribution is -1.89. The van der Waals surface area contributed by atoms with Crippen LogP contribution in [0.5, 0.6) is 0 Å². The van der Waals surface area contributed by atoms with Crippen molar-refractivity contribution in [2.45, 2.75) is 10.1 Å². The molecular weight excluding hydrogens is 234 g/mol. The number of H-pyrrole nitrogens is 1. The van der Waals surface area contributed by atoms with Crippen molar-refractivity contribution in [3.63, 3.8) is 0 Å². The number of nitrogens with one attached hydrogen (secondary N) is 1. The highest BCUT2D eigenvalue weighted by Crippen LogP contribution is 2.29. The van der Waals surface area contributed by atoms with Gasteiger partial charge in [-0.15, -0.1) is 0 Å². The number of hydrogen-bond donors (Lipinski definition) is 1. The molecule has 0 spiro atoms. The molecule has 0 aliphatic carbocycles. The summed E-state index contributed by atoms with van der Waals surface area (Å²) in [5.74, 6) is 0. The van der Waals surface area contributed by atoms with Crippen LogP contribution in [0.4, 0.5) is 0 Å². The number of halogens is 1. The predicted octanol–water partition coefficient (Wildman–Crippen LogP) is 2.42. The standard InChI is InChI=1S/C9H6ClN3OS/c10-7-3-11-4-8(6(7)5-14)15-9-12-1-2-13-9/h1-5H,(H,12,13). The molecule has 76 valence electrons. The van der Waals surface area contributed by atoms with Crippen LogP contribution in [-0.2, 0) is 0 Å². The number of carbonyl (C=O) groups is 1. The molecule has 2 heterocycles. The molecule has 0 aromatic carbocycles. The highest BCUT2D eigenvalue weighted by Gasteiger charge is 2.09. The minimum Gasteiger partial charge on any atom is -0.339 e. The number of nitrogens with zero attached hydrogens (tertiary/aromatic N) is 2. The van der Waals surface area contributed by atoms with Gasteiger partial charge in [0.2, 0.25) is 0 Å². The third-order valence-electron chi connectivity index (χ3n) is 1.70. The molecule has 0 atom stereocenters. The Hall–Kier alpha value is -1.33. The number of pyridine rings is 1. The molecule has 0 amide bonds. The van der Waals surface area contributed by atoms with E-state index in [4.69, 9.17) is 11.6 Å². The van der Waals surface area contributed by atoms with E-state index in [-0.39, 0.29) is 0 Å². The molecule has 0 aliphatic heterocycles. The Balaban J connectivity index is 2.36. The molecule has 0 unspecified atom stereocenters. The fourth-order valence-corrected chi connectivity index (χ4v) is 2.12. The summed E-state index contributed by atoms with van der Waals surface area (Å²) in [4.78, 5) is 22.4. The van der Waals surface area contributed by atoms with E-state index in [2.05, 4.69) is 15.0 Å². The van der Waals surface area contributed by atoms with Crippen molar-refractivity contribution < 1.29 is 4.79 Å². The first kappa shape index (κ1) is 10.2. The predicted molar refractivity (Wildman–Crippen MR) is 57.3 cm³/mol. The van der Waals surface area contributed by atoms with Gasteiger partial charge in [-0.25, -0.2) is 4.98 Å². The average Bonchev–Trinajstić information content (AvgIpc) is 2.71. The number of rotatable bonds is 3. The third-order valence-corrected chi connectivity index (χ3v) is 2.96. The van der Waals surface area contributed by atoms with E-state index in [0.29, 0.717) is 20.6 Å². The Labute approximate surface area is 95.1 Å². The summed E-state index contributed by atoms with van der Waals surface area (Å²) in [7, 11) is 0. The van der Waals surface area contributed by atoms with Crippen LogP contribution < -0.4 is 0 Å². The molecular formula is C9H6ClN3OS. The lowest BCUT2D eigenvalue weighted by Gasteiger charge is -2.02. The van der Waals surface area contributed by atoms with Crippen molar-refractivity contribution in [3.8, 4) is 0 Å². The minimum atomic E-state index is 0.349. The second kappa shape index (κ2) is 4.46. The Morgan fingerprint density at radius 3 is 3.00 bits per heavy atom. The Morgan fingerprint density at radius 1 is 1.47 bits per heavy atom. The van der Waals surface area contributed by atoms with Crippen LogP contribution >= 0.6 is 23.4 Å². The summed E-state index contributed by atoms with van der Waals surface area (Å²) in [6.45, 7) is 0. The zero-order valence-electron chi connectivity index (χ0n) is 7.48. The zero-order chi connectivity index (χ0) is 10.7. The van der Waals surface area contributed by atoms with Crippen LogP contribution in [0.3, 0.4) is 0 Å². The van der Waals surface area contributed by atoms with Crippen molar-refractivity contribution in [1.82, 2.24) is 15.0 Å². The molecule has 4 nitrogen and oxygen atoms in total. The van der Waals surface area contributed by atoms with Crippen LogP contribution in [0, 0.1) is 0 Å². The van der Waals surface area contributed by atoms with E-state index in [1.54, 1.807) is 18.6 Å². The molecule has 0 saturated carbocycles.